The number of sulfonamides is 1. The molecule has 0 radical (unpaired) electrons. The van der Waals surface area contributed by atoms with Crippen LogP contribution in [0.4, 0.5) is 0 Å². The minimum absolute atomic E-state index is 0.137. The predicted octanol–water partition coefficient (Wildman–Crippen LogP) is 1.06. The van der Waals surface area contributed by atoms with Gasteiger partial charge in [-0.3, -0.25) is 4.79 Å². The summed E-state index contributed by atoms with van der Waals surface area (Å²) in [6, 6.07) is 0. The molecule has 2 saturated heterocycles. The van der Waals surface area contributed by atoms with Gasteiger partial charge in [-0.15, -0.1) is 0 Å². The molecule has 2 aliphatic heterocycles. The van der Waals surface area contributed by atoms with Crippen LogP contribution in [0.5, 0.6) is 0 Å². The molecule has 19 heavy (non-hydrogen) atoms. The van der Waals surface area contributed by atoms with Crippen molar-refractivity contribution in [3.05, 3.63) is 0 Å². The zero-order chi connectivity index (χ0) is 13.9. The second-order valence-corrected chi connectivity index (χ2v) is 7.68. The van der Waals surface area contributed by atoms with Gasteiger partial charge in [0.25, 0.3) is 0 Å². The van der Waals surface area contributed by atoms with Gasteiger partial charge in [-0.2, -0.15) is 0 Å². The Morgan fingerprint density at radius 2 is 1.63 bits per heavy atom. The normalized spacial score (nSPS) is 27.0. The first-order valence-corrected chi connectivity index (χ1v) is 9.07. The van der Waals surface area contributed by atoms with Gasteiger partial charge in [0.2, 0.25) is 15.9 Å². The van der Waals surface area contributed by atoms with Gasteiger partial charge in [0.1, 0.15) is 0 Å². The Balaban J connectivity index is 1.98. The Kier molecular flexibility index (Phi) is 4.84. The summed E-state index contributed by atoms with van der Waals surface area (Å²) in [6.07, 6.45) is 7.39. The predicted molar refractivity (Wildman–Crippen MR) is 74.2 cm³/mol. The maximum absolute atomic E-state index is 12.5. The lowest BCUT2D eigenvalue weighted by Crippen LogP contribution is -2.46. The fourth-order valence-electron chi connectivity index (χ4n) is 2.99. The van der Waals surface area contributed by atoms with Crippen molar-refractivity contribution >= 4 is 15.9 Å². The monoisotopic (exact) mass is 288 g/mol. The van der Waals surface area contributed by atoms with Gasteiger partial charge < -0.3 is 4.90 Å². The molecule has 0 saturated carbocycles. The lowest BCUT2D eigenvalue weighted by molar-refractivity contribution is -0.136. The molecule has 0 aromatic rings. The smallest absolute Gasteiger partial charge is 0.227 e. The number of likely N-dealkylation sites (tertiary alicyclic amines) is 1. The molecule has 0 aliphatic carbocycles. The molecular formula is C13H24N2O3S. The summed E-state index contributed by atoms with van der Waals surface area (Å²) >= 11 is 0. The molecule has 5 nitrogen and oxygen atoms in total. The highest BCUT2D eigenvalue weighted by Gasteiger charge is 2.32. The van der Waals surface area contributed by atoms with Crippen LogP contribution in [-0.4, -0.2) is 56.0 Å². The van der Waals surface area contributed by atoms with Gasteiger partial charge in [-0.25, -0.2) is 12.7 Å². The SMILES string of the molecule is CS(=O)(=O)N1CCCC(C(=O)N2CCCCCC2)C1. The zero-order valence-electron chi connectivity index (χ0n) is 11.7. The zero-order valence-corrected chi connectivity index (χ0v) is 12.5. The fraction of sp³-hybridized carbons (Fsp3) is 0.923. The number of piperidine rings is 1. The van der Waals surface area contributed by atoms with Crippen molar-refractivity contribution in [2.45, 2.75) is 38.5 Å². The van der Waals surface area contributed by atoms with E-state index in [1.165, 1.54) is 23.4 Å². The van der Waals surface area contributed by atoms with Gasteiger partial charge in [0.05, 0.1) is 12.2 Å². The van der Waals surface area contributed by atoms with Crippen LogP contribution >= 0.6 is 0 Å². The maximum Gasteiger partial charge on any atom is 0.227 e. The highest BCUT2D eigenvalue weighted by Crippen LogP contribution is 2.22. The number of carbonyl (C=O) groups excluding carboxylic acids is 1. The van der Waals surface area contributed by atoms with Gasteiger partial charge in [-0.05, 0) is 25.7 Å². The molecule has 1 atom stereocenters. The first kappa shape index (κ1) is 14.8. The molecule has 0 N–H and O–H groups in total. The summed E-state index contributed by atoms with van der Waals surface area (Å²) in [6.45, 7) is 2.61. The van der Waals surface area contributed by atoms with Crippen LogP contribution in [0.15, 0.2) is 0 Å². The molecule has 2 heterocycles. The van der Waals surface area contributed by atoms with Crippen molar-refractivity contribution in [3.63, 3.8) is 0 Å². The molecule has 1 amide bonds. The number of rotatable bonds is 2. The number of hydrogen-bond acceptors (Lipinski definition) is 3. The molecule has 6 heteroatoms. The molecule has 2 aliphatic rings. The quantitative estimate of drug-likeness (QED) is 0.763. The first-order valence-electron chi connectivity index (χ1n) is 7.22. The van der Waals surface area contributed by atoms with E-state index in [2.05, 4.69) is 0 Å². The highest BCUT2D eigenvalue weighted by atomic mass is 32.2. The molecule has 2 fully saturated rings. The highest BCUT2D eigenvalue weighted by molar-refractivity contribution is 7.88. The molecule has 0 aromatic carbocycles. The Morgan fingerprint density at radius 1 is 1.00 bits per heavy atom. The van der Waals surface area contributed by atoms with Crippen molar-refractivity contribution < 1.29 is 13.2 Å². The van der Waals surface area contributed by atoms with Crippen LogP contribution in [-0.2, 0) is 14.8 Å². The van der Waals surface area contributed by atoms with Gasteiger partial charge in [-0.1, -0.05) is 12.8 Å². The lowest BCUT2D eigenvalue weighted by Gasteiger charge is -2.33. The van der Waals surface area contributed by atoms with E-state index >= 15 is 0 Å². The van der Waals surface area contributed by atoms with Gasteiger partial charge in [0, 0.05) is 26.2 Å². The maximum atomic E-state index is 12.5. The molecular weight excluding hydrogens is 264 g/mol. The Labute approximate surface area is 116 Å². The third-order valence-corrected chi connectivity index (χ3v) is 5.39. The third-order valence-electron chi connectivity index (χ3n) is 4.12. The van der Waals surface area contributed by atoms with Gasteiger partial charge in [0.15, 0.2) is 0 Å². The van der Waals surface area contributed by atoms with Crippen LogP contribution in [0.25, 0.3) is 0 Å². The van der Waals surface area contributed by atoms with E-state index in [0.717, 1.165) is 38.8 Å². The van der Waals surface area contributed by atoms with E-state index < -0.39 is 10.0 Å². The summed E-state index contributed by atoms with van der Waals surface area (Å²) < 4.78 is 24.6. The van der Waals surface area contributed by atoms with Crippen molar-refractivity contribution in [1.82, 2.24) is 9.21 Å². The van der Waals surface area contributed by atoms with Crippen LogP contribution < -0.4 is 0 Å². The number of amides is 1. The average Bonchev–Trinajstić information content (AvgIpc) is 2.66. The Hall–Kier alpha value is -0.620. The summed E-state index contributed by atoms with van der Waals surface area (Å²) in [7, 11) is -3.17. The first-order chi connectivity index (χ1) is 8.98. The summed E-state index contributed by atoms with van der Waals surface area (Å²) in [5, 5.41) is 0. The molecule has 1 unspecified atom stereocenters. The van der Waals surface area contributed by atoms with Crippen LogP contribution in [0.1, 0.15) is 38.5 Å². The van der Waals surface area contributed by atoms with Crippen LogP contribution in [0, 0.1) is 5.92 Å². The van der Waals surface area contributed by atoms with Crippen LogP contribution in [0.2, 0.25) is 0 Å². The molecule has 0 spiro atoms. The van der Waals surface area contributed by atoms with Crippen molar-refractivity contribution in [2.24, 2.45) is 5.92 Å². The van der Waals surface area contributed by atoms with Crippen LogP contribution in [0.3, 0.4) is 0 Å². The standard InChI is InChI=1S/C13H24N2O3S/c1-19(17,18)15-10-6-7-12(11-15)13(16)14-8-4-2-3-5-9-14/h12H,2-11H2,1H3. The average molecular weight is 288 g/mol. The van der Waals surface area contributed by atoms with E-state index in [-0.39, 0.29) is 11.8 Å². The Bertz CT molecular complexity index is 414. The van der Waals surface area contributed by atoms with Crippen molar-refractivity contribution in [2.75, 3.05) is 32.4 Å². The number of hydrogen-bond donors (Lipinski definition) is 0. The molecule has 0 bridgehead atoms. The minimum atomic E-state index is -3.17. The molecule has 110 valence electrons. The van der Waals surface area contributed by atoms with E-state index in [0.29, 0.717) is 13.1 Å². The summed E-state index contributed by atoms with van der Waals surface area (Å²) in [5.41, 5.74) is 0. The van der Waals surface area contributed by atoms with E-state index in [4.69, 9.17) is 0 Å². The topological polar surface area (TPSA) is 57.7 Å². The second-order valence-electron chi connectivity index (χ2n) is 5.70. The summed E-state index contributed by atoms with van der Waals surface area (Å²) in [5.74, 6) is 0.0248. The number of carbonyl (C=O) groups is 1. The summed E-state index contributed by atoms with van der Waals surface area (Å²) in [4.78, 5) is 14.4. The van der Waals surface area contributed by atoms with Crippen molar-refractivity contribution in [3.8, 4) is 0 Å². The van der Waals surface area contributed by atoms with E-state index in [1.54, 1.807) is 0 Å². The minimum Gasteiger partial charge on any atom is -0.342 e. The van der Waals surface area contributed by atoms with E-state index in [1.807, 2.05) is 4.90 Å². The fourth-order valence-corrected chi connectivity index (χ4v) is 3.91. The largest absolute Gasteiger partial charge is 0.342 e. The van der Waals surface area contributed by atoms with Gasteiger partial charge >= 0.3 is 0 Å². The molecule has 2 rings (SSSR count). The molecule has 0 aromatic heterocycles. The third kappa shape index (κ3) is 3.92. The number of nitrogens with zero attached hydrogens (tertiary/aromatic N) is 2. The second kappa shape index (κ2) is 6.22. The Morgan fingerprint density at radius 3 is 2.21 bits per heavy atom. The van der Waals surface area contributed by atoms with E-state index in [9.17, 15) is 13.2 Å². The van der Waals surface area contributed by atoms with Crippen molar-refractivity contribution in [1.29, 1.82) is 0 Å². The lowest BCUT2D eigenvalue weighted by atomic mass is 9.98.